The first-order valence-corrected chi connectivity index (χ1v) is 6.04. The smallest absolute Gasteiger partial charge is 0.0257 e. The molecule has 1 aliphatic rings. The summed E-state index contributed by atoms with van der Waals surface area (Å²) in [5.74, 6) is 0. The second kappa shape index (κ2) is 6.12. The average Bonchev–Trinajstić information content (AvgIpc) is 2.37. The molecule has 0 heterocycles. The second-order valence-electron chi connectivity index (χ2n) is 4.15. The SMILES string of the molecule is C1=C(/C=C/C=C/c2ccccc2)CCCC1. The number of benzene rings is 1. The van der Waals surface area contributed by atoms with Crippen LogP contribution in [-0.4, -0.2) is 0 Å². The molecule has 0 amide bonds. The van der Waals surface area contributed by atoms with Crippen molar-refractivity contribution in [3.8, 4) is 0 Å². The number of hydrogen-bond acceptors (Lipinski definition) is 0. The fraction of sp³-hybridized carbons (Fsp3) is 0.250. The van der Waals surface area contributed by atoms with Crippen molar-refractivity contribution in [2.75, 3.05) is 0 Å². The van der Waals surface area contributed by atoms with E-state index in [0.29, 0.717) is 0 Å². The Morgan fingerprint density at radius 1 is 0.875 bits per heavy atom. The van der Waals surface area contributed by atoms with Gasteiger partial charge >= 0.3 is 0 Å². The molecule has 0 fully saturated rings. The van der Waals surface area contributed by atoms with Crippen LogP contribution in [0.3, 0.4) is 0 Å². The predicted octanol–water partition coefficient (Wildman–Crippen LogP) is 4.76. The second-order valence-corrected chi connectivity index (χ2v) is 4.15. The molecule has 1 aromatic carbocycles. The third-order valence-electron chi connectivity index (χ3n) is 2.84. The zero-order valence-electron chi connectivity index (χ0n) is 9.60. The van der Waals surface area contributed by atoms with Gasteiger partial charge < -0.3 is 0 Å². The summed E-state index contributed by atoms with van der Waals surface area (Å²) in [6.07, 6.45) is 16.2. The summed E-state index contributed by atoms with van der Waals surface area (Å²) >= 11 is 0. The van der Waals surface area contributed by atoms with Crippen LogP contribution in [0.15, 0.2) is 60.2 Å². The largest absolute Gasteiger partial charge is 0.0813 e. The molecule has 82 valence electrons. The Labute approximate surface area is 98.0 Å². The Hall–Kier alpha value is -1.56. The van der Waals surface area contributed by atoms with Gasteiger partial charge in [-0.1, -0.05) is 66.3 Å². The molecular weight excluding hydrogens is 192 g/mol. The van der Waals surface area contributed by atoms with Gasteiger partial charge in [-0.3, -0.25) is 0 Å². The maximum atomic E-state index is 2.36. The van der Waals surface area contributed by atoms with Gasteiger partial charge in [0.05, 0.1) is 0 Å². The quantitative estimate of drug-likeness (QED) is 0.631. The van der Waals surface area contributed by atoms with Crippen LogP contribution in [0.4, 0.5) is 0 Å². The lowest BCUT2D eigenvalue weighted by Crippen LogP contribution is -1.87. The lowest BCUT2D eigenvalue weighted by atomic mass is 9.99. The molecule has 0 atom stereocenters. The zero-order valence-corrected chi connectivity index (χ0v) is 9.60. The lowest BCUT2D eigenvalue weighted by Gasteiger charge is -2.07. The number of rotatable bonds is 3. The minimum Gasteiger partial charge on any atom is -0.0813 e. The van der Waals surface area contributed by atoms with E-state index in [2.05, 4.69) is 54.6 Å². The first kappa shape index (κ1) is 10.9. The van der Waals surface area contributed by atoms with Gasteiger partial charge in [0, 0.05) is 0 Å². The van der Waals surface area contributed by atoms with Crippen LogP contribution >= 0.6 is 0 Å². The van der Waals surface area contributed by atoms with E-state index in [4.69, 9.17) is 0 Å². The van der Waals surface area contributed by atoms with Crippen molar-refractivity contribution in [3.05, 3.63) is 65.8 Å². The number of allylic oxidation sites excluding steroid dienone is 5. The van der Waals surface area contributed by atoms with E-state index in [0.717, 1.165) is 0 Å². The van der Waals surface area contributed by atoms with Crippen molar-refractivity contribution in [1.82, 2.24) is 0 Å². The Bertz CT molecular complexity index is 393. The lowest BCUT2D eigenvalue weighted by molar-refractivity contribution is 0.712. The summed E-state index contributed by atoms with van der Waals surface area (Å²) in [6.45, 7) is 0. The van der Waals surface area contributed by atoms with Crippen molar-refractivity contribution in [2.24, 2.45) is 0 Å². The number of hydrogen-bond donors (Lipinski definition) is 0. The summed E-state index contributed by atoms with van der Waals surface area (Å²) in [5.41, 5.74) is 2.74. The van der Waals surface area contributed by atoms with Crippen molar-refractivity contribution in [1.29, 1.82) is 0 Å². The van der Waals surface area contributed by atoms with E-state index < -0.39 is 0 Å². The van der Waals surface area contributed by atoms with E-state index >= 15 is 0 Å². The van der Waals surface area contributed by atoms with Gasteiger partial charge in [0.2, 0.25) is 0 Å². The minimum absolute atomic E-state index is 1.25. The fourth-order valence-corrected chi connectivity index (χ4v) is 1.92. The van der Waals surface area contributed by atoms with Crippen LogP contribution in [0.1, 0.15) is 31.2 Å². The first-order chi connectivity index (χ1) is 7.95. The minimum atomic E-state index is 1.25. The highest BCUT2D eigenvalue weighted by molar-refractivity contribution is 5.51. The zero-order chi connectivity index (χ0) is 11.1. The van der Waals surface area contributed by atoms with Crippen LogP contribution < -0.4 is 0 Å². The van der Waals surface area contributed by atoms with Crippen molar-refractivity contribution in [3.63, 3.8) is 0 Å². The first-order valence-electron chi connectivity index (χ1n) is 6.04. The molecule has 2 rings (SSSR count). The van der Waals surface area contributed by atoms with Crippen molar-refractivity contribution < 1.29 is 0 Å². The summed E-state index contributed by atoms with van der Waals surface area (Å²) in [7, 11) is 0. The summed E-state index contributed by atoms with van der Waals surface area (Å²) in [4.78, 5) is 0. The highest BCUT2D eigenvalue weighted by atomic mass is 14.0. The average molecular weight is 210 g/mol. The Morgan fingerprint density at radius 3 is 2.44 bits per heavy atom. The van der Waals surface area contributed by atoms with Gasteiger partial charge in [0.25, 0.3) is 0 Å². The van der Waals surface area contributed by atoms with E-state index in [1.807, 2.05) is 6.07 Å². The molecule has 0 unspecified atom stereocenters. The molecule has 0 heteroatoms. The van der Waals surface area contributed by atoms with Gasteiger partial charge in [0.15, 0.2) is 0 Å². The Morgan fingerprint density at radius 2 is 1.69 bits per heavy atom. The molecule has 0 saturated heterocycles. The standard InChI is InChI=1S/C16H18/c1-3-9-15(10-4-1)13-7-8-14-16-11-5-2-6-12-16/h1,3-4,7-11,13-14H,2,5-6,12H2/b13-7+,14-8+. The Balaban J connectivity index is 1.89. The topological polar surface area (TPSA) is 0 Å². The molecule has 0 aromatic heterocycles. The molecule has 16 heavy (non-hydrogen) atoms. The van der Waals surface area contributed by atoms with Gasteiger partial charge in [-0.25, -0.2) is 0 Å². The van der Waals surface area contributed by atoms with Gasteiger partial charge in [0.1, 0.15) is 0 Å². The van der Waals surface area contributed by atoms with E-state index in [1.165, 1.54) is 36.8 Å². The third-order valence-corrected chi connectivity index (χ3v) is 2.84. The molecule has 1 aliphatic carbocycles. The van der Waals surface area contributed by atoms with Crippen LogP contribution in [0.25, 0.3) is 6.08 Å². The van der Waals surface area contributed by atoms with Gasteiger partial charge in [-0.05, 0) is 31.2 Å². The van der Waals surface area contributed by atoms with E-state index in [1.54, 1.807) is 0 Å². The Kier molecular flexibility index (Phi) is 4.18. The molecule has 1 aromatic rings. The third kappa shape index (κ3) is 3.54. The molecule has 0 saturated carbocycles. The van der Waals surface area contributed by atoms with Crippen molar-refractivity contribution >= 4 is 6.08 Å². The molecule has 0 radical (unpaired) electrons. The van der Waals surface area contributed by atoms with Crippen LogP contribution in [0.5, 0.6) is 0 Å². The van der Waals surface area contributed by atoms with Crippen LogP contribution in [0.2, 0.25) is 0 Å². The van der Waals surface area contributed by atoms with Crippen molar-refractivity contribution in [2.45, 2.75) is 25.7 Å². The molecule has 0 N–H and O–H groups in total. The van der Waals surface area contributed by atoms with Gasteiger partial charge in [-0.15, -0.1) is 0 Å². The maximum absolute atomic E-state index is 2.36. The molecular formula is C16H18. The highest BCUT2D eigenvalue weighted by Gasteiger charge is 1.98. The molecule has 0 nitrogen and oxygen atoms in total. The molecule has 0 bridgehead atoms. The monoisotopic (exact) mass is 210 g/mol. The van der Waals surface area contributed by atoms with Gasteiger partial charge in [-0.2, -0.15) is 0 Å². The van der Waals surface area contributed by atoms with E-state index in [-0.39, 0.29) is 0 Å². The maximum Gasteiger partial charge on any atom is -0.0257 e. The summed E-state index contributed by atoms with van der Waals surface area (Å²) in [6, 6.07) is 10.4. The highest BCUT2D eigenvalue weighted by Crippen LogP contribution is 2.18. The molecule has 0 spiro atoms. The van der Waals surface area contributed by atoms with E-state index in [9.17, 15) is 0 Å². The summed E-state index contributed by atoms with van der Waals surface area (Å²) < 4.78 is 0. The predicted molar refractivity (Wildman–Crippen MR) is 71.2 cm³/mol. The molecule has 0 aliphatic heterocycles. The van der Waals surface area contributed by atoms with Crippen LogP contribution in [-0.2, 0) is 0 Å². The summed E-state index contributed by atoms with van der Waals surface area (Å²) in [5, 5.41) is 0. The normalized spacial score (nSPS) is 16.9. The fourth-order valence-electron chi connectivity index (χ4n) is 1.92. The van der Waals surface area contributed by atoms with Crippen LogP contribution in [0, 0.1) is 0 Å².